The van der Waals surface area contributed by atoms with Crippen LogP contribution in [-0.2, 0) is 6.54 Å². The van der Waals surface area contributed by atoms with Gasteiger partial charge in [-0.1, -0.05) is 11.2 Å². The molecule has 0 saturated carbocycles. The molecule has 1 aliphatic heterocycles. The Hall–Kier alpha value is -2.08. The zero-order chi connectivity index (χ0) is 13.4. The molecule has 2 N–H and O–H groups in total. The van der Waals surface area contributed by atoms with E-state index in [9.17, 15) is 0 Å². The lowest BCUT2D eigenvalue weighted by Gasteiger charge is -2.35. The molecule has 0 amide bonds. The third-order valence-electron chi connectivity index (χ3n) is 3.46. The van der Waals surface area contributed by atoms with Gasteiger partial charge in [0.1, 0.15) is 0 Å². The zero-order valence-corrected chi connectivity index (χ0v) is 11.1. The van der Waals surface area contributed by atoms with E-state index in [1.54, 1.807) is 0 Å². The van der Waals surface area contributed by atoms with Gasteiger partial charge in [-0.15, -0.1) is 0 Å². The van der Waals surface area contributed by atoms with Crippen LogP contribution >= 0.6 is 0 Å². The second-order valence-corrected chi connectivity index (χ2v) is 4.73. The lowest BCUT2D eigenvalue weighted by molar-refractivity contribution is 0.380. The van der Waals surface area contributed by atoms with Crippen LogP contribution in [0.1, 0.15) is 5.89 Å². The van der Waals surface area contributed by atoms with E-state index in [1.165, 1.54) is 5.69 Å². The van der Waals surface area contributed by atoms with Gasteiger partial charge >= 0.3 is 0 Å². The van der Waals surface area contributed by atoms with Crippen molar-refractivity contribution in [2.75, 3.05) is 37.0 Å². The summed E-state index contributed by atoms with van der Waals surface area (Å²) in [4.78, 5) is 8.78. The minimum Gasteiger partial charge on any atom is -0.371 e. The monoisotopic (exact) mass is 259 g/mol. The smallest absolute Gasteiger partial charge is 0.240 e. The fourth-order valence-electron chi connectivity index (χ4n) is 2.40. The summed E-state index contributed by atoms with van der Waals surface area (Å²) in [5.74, 6) is 1.05. The summed E-state index contributed by atoms with van der Waals surface area (Å²) < 4.78 is 5.10. The van der Waals surface area contributed by atoms with Crippen molar-refractivity contribution in [1.29, 1.82) is 0 Å². The molecule has 0 unspecified atom stereocenters. The molecule has 0 bridgehead atoms. The molecule has 0 atom stereocenters. The molecule has 1 aromatic carbocycles. The Kier molecular flexibility index (Phi) is 2.87. The number of para-hydroxylation sites is 1. The molecule has 100 valence electrons. The summed E-state index contributed by atoms with van der Waals surface area (Å²) in [5.41, 5.74) is 8.82. The molecule has 3 rings (SSSR count). The van der Waals surface area contributed by atoms with E-state index in [-0.39, 0.29) is 6.54 Å². The number of hydrogen-bond donors (Lipinski definition) is 1. The lowest BCUT2D eigenvalue weighted by Crippen LogP contribution is -2.37. The van der Waals surface area contributed by atoms with Gasteiger partial charge < -0.3 is 20.1 Å². The fourth-order valence-corrected chi connectivity index (χ4v) is 2.40. The van der Waals surface area contributed by atoms with Crippen LogP contribution in [0.4, 0.5) is 11.4 Å². The maximum Gasteiger partial charge on any atom is 0.240 e. The Morgan fingerprint density at radius 3 is 2.79 bits per heavy atom. The van der Waals surface area contributed by atoms with Crippen molar-refractivity contribution in [3.63, 3.8) is 0 Å². The minimum atomic E-state index is 0.262. The first-order valence-electron chi connectivity index (χ1n) is 6.29. The molecule has 1 aliphatic rings. The third kappa shape index (κ3) is 1.94. The van der Waals surface area contributed by atoms with Gasteiger partial charge in [0, 0.05) is 32.7 Å². The number of fused-ring (bicyclic) bond motifs is 1. The maximum absolute atomic E-state index is 5.51. The molecule has 0 saturated heterocycles. The Bertz CT molecular complexity index is 594. The Morgan fingerprint density at radius 2 is 2.05 bits per heavy atom. The number of rotatable bonds is 2. The molecule has 2 heterocycles. The number of aromatic nitrogens is 2. The van der Waals surface area contributed by atoms with Gasteiger partial charge in [-0.2, -0.15) is 4.98 Å². The van der Waals surface area contributed by atoms with Crippen LogP contribution in [0.15, 0.2) is 22.7 Å². The van der Waals surface area contributed by atoms with Gasteiger partial charge in [-0.05, 0) is 12.1 Å². The van der Waals surface area contributed by atoms with Gasteiger partial charge in [0.15, 0.2) is 0 Å². The molecule has 1 aromatic heterocycles. The molecule has 2 aromatic rings. The van der Waals surface area contributed by atoms with E-state index in [1.807, 2.05) is 12.1 Å². The molecule has 6 heteroatoms. The highest BCUT2D eigenvalue weighted by Gasteiger charge is 2.23. The Morgan fingerprint density at radius 1 is 1.26 bits per heavy atom. The number of likely N-dealkylation sites (N-methyl/N-ethyl adjacent to an activating group) is 2. The van der Waals surface area contributed by atoms with Gasteiger partial charge in [0.05, 0.1) is 17.9 Å². The first-order chi connectivity index (χ1) is 9.20. The van der Waals surface area contributed by atoms with Crippen molar-refractivity contribution in [2.24, 2.45) is 5.73 Å². The van der Waals surface area contributed by atoms with E-state index in [4.69, 9.17) is 10.3 Å². The van der Waals surface area contributed by atoms with Gasteiger partial charge in [-0.25, -0.2) is 0 Å². The normalized spacial score (nSPS) is 14.7. The van der Waals surface area contributed by atoms with Crippen LogP contribution in [0.2, 0.25) is 0 Å². The minimum absolute atomic E-state index is 0.262. The number of benzene rings is 1. The summed E-state index contributed by atoms with van der Waals surface area (Å²) in [6.45, 7) is 2.24. The van der Waals surface area contributed by atoms with Gasteiger partial charge in [0.25, 0.3) is 0 Å². The number of hydrogen-bond acceptors (Lipinski definition) is 6. The third-order valence-corrected chi connectivity index (χ3v) is 3.46. The molecular formula is C13H17N5O. The van der Waals surface area contributed by atoms with Crippen molar-refractivity contribution in [2.45, 2.75) is 6.54 Å². The second kappa shape index (κ2) is 4.55. The van der Waals surface area contributed by atoms with Crippen molar-refractivity contribution in [3.05, 3.63) is 24.1 Å². The molecule has 0 radical (unpaired) electrons. The van der Waals surface area contributed by atoms with Gasteiger partial charge in [0.2, 0.25) is 11.7 Å². The fraction of sp³-hybridized carbons (Fsp3) is 0.385. The number of nitrogens with zero attached hydrogens (tertiary/aromatic N) is 4. The van der Waals surface area contributed by atoms with E-state index in [0.29, 0.717) is 11.7 Å². The molecular weight excluding hydrogens is 242 g/mol. The predicted molar refractivity (Wildman–Crippen MR) is 74.2 cm³/mol. The summed E-state index contributed by atoms with van der Waals surface area (Å²) in [7, 11) is 4.18. The predicted octanol–water partition coefficient (Wildman–Crippen LogP) is 1.08. The lowest BCUT2D eigenvalue weighted by atomic mass is 10.1. The average molecular weight is 259 g/mol. The topological polar surface area (TPSA) is 71.4 Å². The van der Waals surface area contributed by atoms with E-state index in [2.05, 4.69) is 40.1 Å². The highest BCUT2D eigenvalue weighted by atomic mass is 16.5. The van der Waals surface area contributed by atoms with Crippen LogP contribution in [0.25, 0.3) is 11.4 Å². The van der Waals surface area contributed by atoms with Crippen molar-refractivity contribution >= 4 is 11.4 Å². The molecule has 0 spiro atoms. The van der Waals surface area contributed by atoms with Crippen LogP contribution in [0.3, 0.4) is 0 Å². The van der Waals surface area contributed by atoms with Crippen molar-refractivity contribution in [3.8, 4) is 11.4 Å². The summed E-state index contributed by atoms with van der Waals surface area (Å²) in [6.07, 6.45) is 0. The summed E-state index contributed by atoms with van der Waals surface area (Å²) in [5, 5.41) is 4.01. The van der Waals surface area contributed by atoms with Crippen LogP contribution in [0.5, 0.6) is 0 Å². The average Bonchev–Trinajstić information content (AvgIpc) is 2.91. The number of nitrogens with two attached hydrogens (primary N) is 1. The molecule has 19 heavy (non-hydrogen) atoms. The van der Waals surface area contributed by atoms with Crippen LogP contribution in [-0.4, -0.2) is 37.3 Å². The highest BCUT2D eigenvalue weighted by Crippen LogP contribution is 2.39. The van der Waals surface area contributed by atoms with E-state index in [0.717, 1.165) is 24.3 Å². The van der Waals surface area contributed by atoms with Crippen molar-refractivity contribution in [1.82, 2.24) is 10.1 Å². The highest BCUT2D eigenvalue weighted by molar-refractivity contribution is 5.87. The Labute approximate surface area is 111 Å². The first kappa shape index (κ1) is 12.0. The summed E-state index contributed by atoms with van der Waals surface area (Å²) >= 11 is 0. The van der Waals surface area contributed by atoms with Crippen molar-refractivity contribution < 1.29 is 4.52 Å². The molecule has 0 fully saturated rings. The van der Waals surface area contributed by atoms with Gasteiger partial charge in [-0.3, -0.25) is 0 Å². The SMILES string of the molecule is CN1CCN(C)c2c(-c3noc(CN)n3)cccc21. The largest absolute Gasteiger partial charge is 0.371 e. The van der Waals surface area contributed by atoms with E-state index >= 15 is 0 Å². The molecule has 0 aliphatic carbocycles. The molecule has 6 nitrogen and oxygen atoms in total. The van der Waals surface area contributed by atoms with E-state index < -0.39 is 0 Å². The van der Waals surface area contributed by atoms with Crippen LogP contribution < -0.4 is 15.5 Å². The maximum atomic E-state index is 5.51. The quantitative estimate of drug-likeness (QED) is 0.870. The zero-order valence-electron chi connectivity index (χ0n) is 11.1. The summed E-state index contributed by atoms with van der Waals surface area (Å²) in [6, 6.07) is 6.14. The second-order valence-electron chi connectivity index (χ2n) is 4.73. The standard InChI is InChI=1S/C13H17N5O/c1-17-6-7-18(2)12-9(4-3-5-10(12)17)13-15-11(8-14)19-16-13/h3-5H,6-8,14H2,1-2H3. The Balaban J connectivity index is 2.14. The number of anilines is 2. The van der Waals surface area contributed by atoms with Crippen LogP contribution in [0, 0.1) is 0 Å². The first-order valence-corrected chi connectivity index (χ1v) is 6.29.